The number of furan rings is 1. The summed E-state index contributed by atoms with van der Waals surface area (Å²) in [7, 11) is -1.34. The van der Waals surface area contributed by atoms with Crippen molar-refractivity contribution in [1.29, 1.82) is 0 Å². The third-order valence-electron chi connectivity index (χ3n) is 11.8. The zero-order valence-electron chi connectivity index (χ0n) is 38.5. The van der Waals surface area contributed by atoms with Crippen molar-refractivity contribution in [3.8, 4) is 39.5 Å². The second kappa shape index (κ2) is 18.7. The van der Waals surface area contributed by atoms with Gasteiger partial charge in [-0.05, 0) is 94.6 Å². The molecule has 5 aromatic carbocycles. The minimum atomic E-state index is -1.34. The average molecular weight is 1020 g/mol. The van der Waals surface area contributed by atoms with Crippen LogP contribution in [0.3, 0.4) is 0 Å². The number of pyridine rings is 2. The van der Waals surface area contributed by atoms with Gasteiger partial charge in [0, 0.05) is 43.6 Å². The average Bonchev–Trinajstić information content (AvgIpc) is 3.84. The maximum absolute atomic E-state index is 6.62. The molecule has 9 aromatic rings. The van der Waals surface area contributed by atoms with E-state index in [4.69, 9.17) is 9.40 Å². The fraction of sp³-hybridized carbons (Fsp3) is 0.268. The van der Waals surface area contributed by atoms with Crippen LogP contribution in [-0.4, -0.2) is 27.6 Å². The Hall–Kier alpha value is -5.46. The zero-order chi connectivity index (χ0) is 43.9. The second-order valence-corrected chi connectivity index (χ2v) is 23.8. The molecule has 0 bridgehead atoms. The second-order valence-electron chi connectivity index (χ2n) is 18.7. The summed E-state index contributed by atoms with van der Waals surface area (Å²) in [6, 6.07) is 45.1. The molecule has 63 heavy (non-hydrogen) atoms. The number of fused-ring (bicyclic) bond motifs is 4. The Morgan fingerprint density at radius 2 is 1.41 bits per heavy atom. The number of aromatic nitrogens is 4. The van der Waals surface area contributed by atoms with E-state index in [2.05, 4.69) is 186 Å². The van der Waals surface area contributed by atoms with Gasteiger partial charge in [-0.2, -0.15) is 0 Å². The van der Waals surface area contributed by atoms with E-state index in [0.717, 1.165) is 73.3 Å². The Kier molecular flexibility index (Phi) is 13.5. The first-order valence-corrected chi connectivity index (χ1v) is 25.6. The SMILES string of the molecule is CC(C)Cc1cc(-c2[c-]cccc2)ncc1[Si](C)(C)C.Cc1nccc2c1oc1c(-c3nc4ccccc4n3-c3c(C(C)C)cc(-c4ccccc4)cc3C(C)C)[c-]cc(C)c12.[Ir]. The van der Waals surface area contributed by atoms with Gasteiger partial charge < -0.3 is 14.0 Å². The molecule has 0 unspecified atom stereocenters. The minimum Gasteiger partial charge on any atom is -0.499 e. The van der Waals surface area contributed by atoms with Gasteiger partial charge in [0.15, 0.2) is 0 Å². The number of nitrogens with zero attached hydrogens (tertiary/aromatic N) is 4. The van der Waals surface area contributed by atoms with Crippen molar-refractivity contribution < 1.29 is 24.5 Å². The standard InChI is InChI=1S/C38H34N3O.C18H24NSi.Ir/c1-22(2)30-20-27(26-12-8-7-9-13-26)21-31(23(3)4)35(30)41-33-15-11-10-14-32(33)40-38(41)29-17-16-24(5)34-28-18-19-39-25(6)36(28)42-37(29)34;1-14(2)11-16-12-17(15-9-7-6-8-10-15)19-13-18(16)20(3,4)5;/h7-16,18-23H,1-6H3;6-9,12-14H,11H2,1-5H3;/q2*-1;. The molecule has 5 nitrogen and oxygen atoms in total. The molecule has 1 radical (unpaired) electrons. The van der Waals surface area contributed by atoms with Crippen LogP contribution in [0, 0.1) is 31.9 Å². The van der Waals surface area contributed by atoms with Crippen molar-refractivity contribution in [2.75, 3.05) is 0 Å². The summed E-state index contributed by atoms with van der Waals surface area (Å²) in [5, 5.41) is 3.66. The van der Waals surface area contributed by atoms with Crippen LogP contribution in [0.25, 0.3) is 72.4 Å². The molecule has 0 N–H and O–H groups in total. The van der Waals surface area contributed by atoms with Gasteiger partial charge in [-0.25, -0.2) is 0 Å². The Bertz CT molecular complexity index is 3000. The predicted octanol–water partition coefficient (Wildman–Crippen LogP) is 14.6. The molecular weight excluding hydrogens is 965 g/mol. The predicted molar refractivity (Wildman–Crippen MR) is 264 cm³/mol. The summed E-state index contributed by atoms with van der Waals surface area (Å²) >= 11 is 0. The van der Waals surface area contributed by atoms with Gasteiger partial charge in [0.05, 0.1) is 36.2 Å². The number of hydrogen-bond donors (Lipinski definition) is 0. The quantitative estimate of drug-likeness (QED) is 0.107. The minimum absolute atomic E-state index is 0. The number of para-hydroxylation sites is 2. The van der Waals surface area contributed by atoms with E-state index in [0.29, 0.717) is 5.92 Å². The van der Waals surface area contributed by atoms with Gasteiger partial charge in [-0.3, -0.25) is 9.97 Å². The Balaban J connectivity index is 0.000000239. The number of hydrogen-bond acceptors (Lipinski definition) is 4. The summed E-state index contributed by atoms with van der Waals surface area (Å²) in [5.41, 5.74) is 16.3. The van der Waals surface area contributed by atoms with Crippen LogP contribution in [-0.2, 0) is 26.5 Å². The van der Waals surface area contributed by atoms with E-state index in [1.165, 1.54) is 38.7 Å². The van der Waals surface area contributed by atoms with Gasteiger partial charge >= 0.3 is 0 Å². The van der Waals surface area contributed by atoms with Gasteiger partial charge in [-0.1, -0.05) is 133 Å². The van der Waals surface area contributed by atoms with E-state index < -0.39 is 8.07 Å². The Morgan fingerprint density at radius 1 is 0.730 bits per heavy atom. The van der Waals surface area contributed by atoms with Crippen molar-refractivity contribution >= 4 is 46.2 Å². The van der Waals surface area contributed by atoms with Gasteiger partial charge in [0.1, 0.15) is 5.58 Å². The molecule has 323 valence electrons. The molecule has 0 saturated heterocycles. The molecule has 4 aromatic heterocycles. The third-order valence-corrected chi connectivity index (χ3v) is 13.8. The third kappa shape index (κ3) is 9.15. The van der Waals surface area contributed by atoms with Crippen molar-refractivity contribution in [2.45, 2.75) is 93.3 Å². The van der Waals surface area contributed by atoms with Crippen molar-refractivity contribution in [3.05, 3.63) is 162 Å². The molecule has 0 amide bonds. The molecule has 4 heterocycles. The Labute approximate surface area is 388 Å². The largest absolute Gasteiger partial charge is 0.499 e. The monoisotopic (exact) mass is 1020 g/mol. The van der Waals surface area contributed by atoms with E-state index in [1.807, 2.05) is 37.4 Å². The van der Waals surface area contributed by atoms with Crippen molar-refractivity contribution in [3.63, 3.8) is 0 Å². The maximum Gasteiger partial charge on any atom is 0.142 e. The fourth-order valence-corrected chi connectivity index (χ4v) is 10.3. The molecule has 0 fully saturated rings. The van der Waals surface area contributed by atoms with E-state index in [9.17, 15) is 0 Å². The summed E-state index contributed by atoms with van der Waals surface area (Å²) in [6.45, 7) is 25.0. The molecule has 9 rings (SSSR count). The topological polar surface area (TPSA) is 56.7 Å². The normalized spacial score (nSPS) is 11.8. The number of aryl methyl sites for hydroxylation is 2. The number of rotatable bonds is 9. The fourth-order valence-electron chi connectivity index (χ4n) is 8.72. The van der Waals surface area contributed by atoms with Crippen LogP contribution in [0.1, 0.15) is 81.3 Å². The van der Waals surface area contributed by atoms with Crippen LogP contribution in [0.5, 0.6) is 0 Å². The molecule has 0 aliphatic carbocycles. The molecule has 7 heteroatoms. The Morgan fingerprint density at radius 3 is 2.06 bits per heavy atom. The number of benzene rings is 5. The van der Waals surface area contributed by atoms with E-state index in [-0.39, 0.29) is 31.9 Å². The molecule has 0 aliphatic heterocycles. The molecule has 0 saturated carbocycles. The summed E-state index contributed by atoms with van der Waals surface area (Å²) in [6.07, 6.45) is 5.10. The van der Waals surface area contributed by atoms with Crippen LogP contribution in [0.15, 0.2) is 126 Å². The van der Waals surface area contributed by atoms with Gasteiger partial charge in [0.25, 0.3) is 0 Å². The molecule has 0 spiro atoms. The van der Waals surface area contributed by atoms with Crippen LogP contribution < -0.4 is 5.19 Å². The first-order chi connectivity index (χ1) is 29.7. The van der Waals surface area contributed by atoms with Gasteiger partial charge in [-0.15, -0.1) is 53.6 Å². The summed E-state index contributed by atoms with van der Waals surface area (Å²) in [4.78, 5) is 14.5. The van der Waals surface area contributed by atoms with Gasteiger partial charge in [0.2, 0.25) is 0 Å². The number of imidazole rings is 1. The maximum atomic E-state index is 6.62. The first-order valence-electron chi connectivity index (χ1n) is 22.1. The molecule has 0 aliphatic rings. The molecule has 0 atom stereocenters. The molecular formula is C56H58IrN4OSi-2. The smallest absolute Gasteiger partial charge is 0.142 e. The van der Waals surface area contributed by atoms with Crippen molar-refractivity contribution in [2.24, 2.45) is 5.92 Å². The van der Waals surface area contributed by atoms with Crippen molar-refractivity contribution in [1.82, 2.24) is 19.5 Å². The van der Waals surface area contributed by atoms with Crippen LogP contribution >= 0.6 is 0 Å². The first kappa shape index (κ1) is 45.6. The van der Waals surface area contributed by atoms with E-state index >= 15 is 0 Å². The summed E-state index contributed by atoms with van der Waals surface area (Å²) in [5.74, 6) is 2.08. The zero-order valence-corrected chi connectivity index (χ0v) is 41.9. The summed E-state index contributed by atoms with van der Waals surface area (Å²) < 4.78 is 8.98. The van der Waals surface area contributed by atoms with Crippen LogP contribution in [0.4, 0.5) is 0 Å². The van der Waals surface area contributed by atoms with E-state index in [1.54, 1.807) is 0 Å². The van der Waals surface area contributed by atoms with Crippen LogP contribution in [0.2, 0.25) is 19.6 Å².